The Balaban J connectivity index is 1.85. The molecule has 3 aromatic rings. The highest BCUT2D eigenvalue weighted by Gasteiger charge is 2.17. The summed E-state index contributed by atoms with van der Waals surface area (Å²) < 4.78 is 38.5. The van der Waals surface area contributed by atoms with Crippen molar-refractivity contribution < 1.29 is 22.7 Å². The molecule has 0 saturated carbocycles. The van der Waals surface area contributed by atoms with Gasteiger partial charge in [0.05, 0.1) is 24.9 Å². The van der Waals surface area contributed by atoms with E-state index < -0.39 is 15.7 Å². The first-order chi connectivity index (χ1) is 15.3. The van der Waals surface area contributed by atoms with E-state index in [1.807, 2.05) is 4.57 Å². The van der Waals surface area contributed by atoms with Crippen molar-refractivity contribution in [3.8, 4) is 11.5 Å². The van der Waals surface area contributed by atoms with Gasteiger partial charge >= 0.3 is 0 Å². The van der Waals surface area contributed by atoms with Crippen molar-refractivity contribution >= 4 is 48.9 Å². The minimum atomic E-state index is -3.50. The number of ether oxygens (including phenoxy) is 2. The molecule has 1 amide bonds. The van der Waals surface area contributed by atoms with Gasteiger partial charge in [-0.3, -0.25) is 4.79 Å². The number of methoxy groups -OCH3 is 2. The van der Waals surface area contributed by atoms with Gasteiger partial charge in [0.2, 0.25) is 5.91 Å². The molecule has 0 fully saturated rings. The summed E-state index contributed by atoms with van der Waals surface area (Å²) in [5.41, 5.74) is 0.758. The SMILES string of the molecule is C=CCn1c(=NC(=O)CCCS(=O)(=O)c2ccc(Cl)cc2)sc2c(OC)ccc(OC)c21. The maximum absolute atomic E-state index is 12.5. The Hall–Kier alpha value is -2.62. The molecule has 0 N–H and O–H groups in total. The predicted octanol–water partition coefficient (Wildman–Crippen LogP) is 4.24. The third kappa shape index (κ3) is 5.23. The Kier molecular flexibility index (Phi) is 7.76. The van der Waals surface area contributed by atoms with Crippen LogP contribution in [-0.4, -0.2) is 38.9 Å². The zero-order valence-electron chi connectivity index (χ0n) is 17.7. The molecule has 32 heavy (non-hydrogen) atoms. The van der Waals surface area contributed by atoms with E-state index >= 15 is 0 Å². The van der Waals surface area contributed by atoms with Crippen LogP contribution in [0.25, 0.3) is 10.2 Å². The average Bonchev–Trinajstić information content (AvgIpc) is 3.11. The van der Waals surface area contributed by atoms with Gasteiger partial charge in [-0.2, -0.15) is 4.99 Å². The Morgan fingerprint density at radius 1 is 1.16 bits per heavy atom. The van der Waals surface area contributed by atoms with E-state index in [1.54, 1.807) is 32.4 Å². The van der Waals surface area contributed by atoms with Gasteiger partial charge in [-0.15, -0.1) is 6.58 Å². The molecule has 7 nitrogen and oxygen atoms in total. The fourth-order valence-electron chi connectivity index (χ4n) is 3.17. The predicted molar refractivity (Wildman–Crippen MR) is 126 cm³/mol. The van der Waals surface area contributed by atoms with Crippen LogP contribution in [0, 0.1) is 0 Å². The van der Waals surface area contributed by atoms with Gasteiger partial charge in [-0.05, 0) is 42.8 Å². The summed E-state index contributed by atoms with van der Waals surface area (Å²) in [6.07, 6.45) is 1.86. The maximum Gasteiger partial charge on any atom is 0.248 e. The monoisotopic (exact) mass is 494 g/mol. The summed E-state index contributed by atoms with van der Waals surface area (Å²) in [5, 5.41) is 0.461. The van der Waals surface area contributed by atoms with Gasteiger partial charge in [0.15, 0.2) is 14.6 Å². The second kappa shape index (κ2) is 10.3. The van der Waals surface area contributed by atoms with E-state index in [0.29, 0.717) is 27.9 Å². The highest BCUT2D eigenvalue weighted by atomic mass is 35.5. The highest BCUT2D eigenvalue weighted by molar-refractivity contribution is 7.91. The second-order valence-electron chi connectivity index (χ2n) is 6.81. The first-order valence-corrected chi connectivity index (χ1v) is 12.6. The number of hydrogen-bond donors (Lipinski definition) is 0. The number of thiazole rings is 1. The first-order valence-electron chi connectivity index (χ1n) is 9.71. The van der Waals surface area contributed by atoms with Gasteiger partial charge in [-0.1, -0.05) is 29.0 Å². The number of carbonyl (C=O) groups excluding carboxylic acids is 1. The highest BCUT2D eigenvalue weighted by Crippen LogP contribution is 2.35. The van der Waals surface area contributed by atoms with E-state index in [4.69, 9.17) is 21.1 Å². The van der Waals surface area contributed by atoms with Crippen LogP contribution in [-0.2, 0) is 21.2 Å². The molecule has 170 valence electrons. The lowest BCUT2D eigenvalue weighted by atomic mass is 10.3. The van der Waals surface area contributed by atoms with Crippen LogP contribution in [0.4, 0.5) is 0 Å². The van der Waals surface area contributed by atoms with Crippen LogP contribution in [0.3, 0.4) is 0 Å². The molecule has 0 radical (unpaired) electrons. The maximum atomic E-state index is 12.5. The van der Waals surface area contributed by atoms with Gasteiger partial charge in [0, 0.05) is 18.0 Å². The number of hydrogen-bond acceptors (Lipinski definition) is 6. The van der Waals surface area contributed by atoms with Crippen LogP contribution in [0.1, 0.15) is 12.8 Å². The molecule has 1 heterocycles. The summed E-state index contributed by atoms with van der Waals surface area (Å²) in [6, 6.07) is 9.55. The number of rotatable bonds is 9. The van der Waals surface area contributed by atoms with Crippen molar-refractivity contribution in [2.45, 2.75) is 24.3 Å². The number of nitrogens with zero attached hydrogens (tertiary/aromatic N) is 2. The molecular weight excluding hydrogens is 472 g/mol. The summed E-state index contributed by atoms with van der Waals surface area (Å²) >= 11 is 7.11. The fraction of sp³-hybridized carbons (Fsp3) is 0.273. The van der Waals surface area contributed by atoms with Crippen molar-refractivity contribution in [2.75, 3.05) is 20.0 Å². The number of carbonyl (C=O) groups is 1. The van der Waals surface area contributed by atoms with E-state index in [9.17, 15) is 13.2 Å². The summed E-state index contributed by atoms with van der Waals surface area (Å²) in [5.74, 6) is 0.711. The molecule has 1 aromatic heterocycles. The van der Waals surface area contributed by atoms with Crippen LogP contribution < -0.4 is 14.3 Å². The number of fused-ring (bicyclic) bond motifs is 1. The van der Waals surface area contributed by atoms with E-state index in [2.05, 4.69) is 11.6 Å². The summed E-state index contributed by atoms with van der Waals surface area (Å²) in [7, 11) is -0.361. The van der Waals surface area contributed by atoms with E-state index in [1.165, 1.54) is 35.6 Å². The smallest absolute Gasteiger partial charge is 0.248 e. The third-order valence-corrected chi connectivity index (χ3v) is 7.86. The third-order valence-electron chi connectivity index (χ3n) is 4.70. The number of aromatic nitrogens is 1. The van der Waals surface area contributed by atoms with Crippen molar-refractivity contribution in [3.05, 3.63) is 58.9 Å². The zero-order chi connectivity index (χ0) is 23.3. The minimum absolute atomic E-state index is 0.00340. The largest absolute Gasteiger partial charge is 0.495 e. The molecular formula is C22H23ClN2O5S2. The van der Waals surface area contributed by atoms with Crippen LogP contribution in [0.15, 0.2) is 58.9 Å². The summed E-state index contributed by atoms with van der Waals surface area (Å²) in [6.45, 7) is 4.20. The van der Waals surface area contributed by atoms with Crippen LogP contribution in [0.5, 0.6) is 11.5 Å². The molecule has 0 aliphatic rings. The number of allylic oxidation sites excluding steroid dienone is 1. The average molecular weight is 495 g/mol. The molecule has 0 atom stereocenters. The number of sulfone groups is 1. The van der Waals surface area contributed by atoms with Crippen molar-refractivity contribution in [1.29, 1.82) is 0 Å². The Morgan fingerprint density at radius 2 is 1.81 bits per heavy atom. The van der Waals surface area contributed by atoms with Crippen molar-refractivity contribution in [3.63, 3.8) is 0 Å². The lowest BCUT2D eigenvalue weighted by Gasteiger charge is -2.08. The molecule has 3 rings (SSSR count). The van der Waals surface area contributed by atoms with Crippen molar-refractivity contribution in [2.24, 2.45) is 4.99 Å². The van der Waals surface area contributed by atoms with Crippen LogP contribution >= 0.6 is 22.9 Å². The Bertz CT molecular complexity index is 1310. The van der Waals surface area contributed by atoms with Gasteiger partial charge in [0.25, 0.3) is 0 Å². The van der Waals surface area contributed by atoms with Gasteiger partial charge in [-0.25, -0.2) is 8.42 Å². The minimum Gasteiger partial charge on any atom is -0.495 e. The zero-order valence-corrected chi connectivity index (χ0v) is 20.1. The lowest BCUT2D eigenvalue weighted by Crippen LogP contribution is -2.17. The molecule has 10 heteroatoms. The second-order valence-corrected chi connectivity index (χ2v) is 10.3. The number of benzene rings is 2. The first kappa shape index (κ1) is 24.0. The number of halogens is 1. The normalized spacial score (nSPS) is 12.2. The van der Waals surface area contributed by atoms with E-state index in [-0.39, 0.29) is 23.5 Å². The molecule has 0 aliphatic heterocycles. The van der Waals surface area contributed by atoms with Crippen molar-refractivity contribution in [1.82, 2.24) is 4.57 Å². The molecule has 0 spiro atoms. The quantitative estimate of drug-likeness (QED) is 0.415. The molecule has 0 bridgehead atoms. The molecule has 0 saturated heterocycles. The lowest BCUT2D eigenvalue weighted by molar-refractivity contribution is -0.118. The Labute approximate surface area is 195 Å². The topological polar surface area (TPSA) is 87.0 Å². The summed E-state index contributed by atoms with van der Waals surface area (Å²) in [4.78, 5) is 17.4. The van der Waals surface area contributed by atoms with Gasteiger partial charge < -0.3 is 14.0 Å². The molecule has 0 aliphatic carbocycles. The van der Waals surface area contributed by atoms with E-state index in [0.717, 1.165) is 10.2 Å². The standard InChI is InChI=1S/C22H23ClN2O5S2/c1-4-13-25-20-17(29-2)11-12-18(30-3)21(20)31-22(25)24-19(26)6-5-14-32(27,28)16-9-7-15(23)8-10-16/h4,7-12H,1,5-6,13-14H2,2-3H3. The fourth-order valence-corrected chi connectivity index (χ4v) is 5.78. The molecule has 2 aromatic carbocycles. The Morgan fingerprint density at radius 3 is 2.44 bits per heavy atom. The van der Waals surface area contributed by atoms with Gasteiger partial charge in [0.1, 0.15) is 21.7 Å². The molecule has 0 unspecified atom stereocenters. The van der Waals surface area contributed by atoms with Crippen LogP contribution in [0.2, 0.25) is 5.02 Å². The number of amides is 1.